The molecular weight excluding hydrogens is 516 g/mol. The van der Waals surface area contributed by atoms with Crippen molar-refractivity contribution in [2.45, 2.75) is 58.0 Å². The number of aliphatic hydroxyl groups excluding tert-OH is 1. The molecule has 7 heteroatoms. The zero-order valence-electron chi connectivity index (χ0n) is 22.4. The third-order valence-electron chi connectivity index (χ3n) is 8.28. The zero-order valence-corrected chi connectivity index (χ0v) is 23.9. The standard InChI is InChI=1S/C31H39ClN2O3S/c1-3-5-21-14-25(32)10-12-26(21)24-17-34-16-23-8-11-27(23)29(35)7-4-6-20(2)19-38-33-31(36)22-9-13-30(37-18-24)28(34)15-22/h4,7,9-10,12-15,20,23-24,27,29,35H,3,5-6,8,11,16-19H2,1-2H3,(H,33,36)/b7-4+/t20?,23?,24?,27-,29?/m1/s1. The molecule has 5 nitrogen and oxygen atoms in total. The van der Waals surface area contributed by atoms with Crippen LogP contribution in [0.5, 0.6) is 5.75 Å². The van der Waals surface area contributed by atoms with Crippen molar-refractivity contribution in [3.8, 4) is 5.75 Å². The lowest BCUT2D eigenvalue weighted by Gasteiger charge is -2.42. The van der Waals surface area contributed by atoms with Gasteiger partial charge in [0.05, 0.1) is 18.4 Å². The number of carbonyl (C=O) groups is 1. The molecule has 1 amide bonds. The van der Waals surface area contributed by atoms with E-state index in [9.17, 15) is 9.90 Å². The van der Waals surface area contributed by atoms with Gasteiger partial charge in [-0.25, -0.2) is 0 Å². The zero-order chi connectivity index (χ0) is 26.6. The minimum absolute atomic E-state index is 0.0757. The molecule has 1 aliphatic carbocycles. The first-order valence-electron chi connectivity index (χ1n) is 14.0. The number of benzene rings is 2. The van der Waals surface area contributed by atoms with E-state index in [2.05, 4.69) is 41.7 Å². The summed E-state index contributed by atoms with van der Waals surface area (Å²) in [5, 5.41) is 11.8. The Morgan fingerprint density at radius 3 is 2.84 bits per heavy atom. The summed E-state index contributed by atoms with van der Waals surface area (Å²) in [6, 6.07) is 12.0. The average Bonchev–Trinajstić information content (AvgIpc) is 3.05. The lowest BCUT2D eigenvalue weighted by molar-refractivity contribution is 0.0461. The SMILES string of the molecule is CCCc1cc(Cl)ccc1C1COc2ccc3cc2N(C1)CC1CC[C@H]1C(O)/C=C/CC(C)CSNC3=O. The summed E-state index contributed by atoms with van der Waals surface area (Å²) in [4.78, 5) is 15.4. The smallest absolute Gasteiger partial charge is 0.261 e. The number of hydrogen-bond acceptors (Lipinski definition) is 5. The van der Waals surface area contributed by atoms with Gasteiger partial charge >= 0.3 is 0 Å². The van der Waals surface area contributed by atoms with Crippen molar-refractivity contribution >= 4 is 35.1 Å². The van der Waals surface area contributed by atoms with Gasteiger partial charge in [-0.15, -0.1) is 0 Å². The highest BCUT2D eigenvalue weighted by Gasteiger charge is 2.38. The van der Waals surface area contributed by atoms with Crippen molar-refractivity contribution in [1.29, 1.82) is 0 Å². The van der Waals surface area contributed by atoms with Crippen LogP contribution in [0.2, 0.25) is 5.02 Å². The molecule has 4 unspecified atom stereocenters. The summed E-state index contributed by atoms with van der Waals surface area (Å²) in [6.07, 6.45) is 8.75. The van der Waals surface area contributed by atoms with Crippen molar-refractivity contribution < 1.29 is 14.6 Å². The van der Waals surface area contributed by atoms with E-state index in [4.69, 9.17) is 16.3 Å². The van der Waals surface area contributed by atoms with Gasteiger partial charge in [0.2, 0.25) is 0 Å². The lowest BCUT2D eigenvalue weighted by Crippen LogP contribution is -2.44. The van der Waals surface area contributed by atoms with Gasteiger partial charge < -0.3 is 14.7 Å². The van der Waals surface area contributed by atoms with Crippen LogP contribution in [0.3, 0.4) is 0 Å². The average molecular weight is 555 g/mol. The van der Waals surface area contributed by atoms with Crippen LogP contribution < -0.4 is 14.4 Å². The molecule has 2 heterocycles. The Hall–Kier alpha value is -2.15. The highest BCUT2D eigenvalue weighted by molar-refractivity contribution is 7.97. The van der Waals surface area contributed by atoms with Gasteiger partial charge in [-0.1, -0.05) is 50.1 Å². The van der Waals surface area contributed by atoms with Crippen LogP contribution in [-0.2, 0) is 6.42 Å². The first-order valence-corrected chi connectivity index (χ1v) is 15.4. The molecule has 5 rings (SSSR count). The molecule has 0 spiro atoms. The van der Waals surface area contributed by atoms with E-state index in [1.807, 2.05) is 30.3 Å². The van der Waals surface area contributed by atoms with Gasteiger partial charge in [0, 0.05) is 35.3 Å². The maximum atomic E-state index is 13.0. The minimum atomic E-state index is -0.418. The van der Waals surface area contributed by atoms with Crippen molar-refractivity contribution in [2.24, 2.45) is 17.8 Å². The molecule has 2 N–H and O–H groups in total. The van der Waals surface area contributed by atoms with Crippen LogP contribution in [0.4, 0.5) is 5.69 Å². The van der Waals surface area contributed by atoms with Gasteiger partial charge in [-0.05, 0) is 96.8 Å². The Kier molecular flexibility index (Phi) is 8.91. The van der Waals surface area contributed by atoms with E-state index < -0.39 is 6.10 Å². The normalized spacial score (nSPS) is 28.8. The van der Waals surface area contributed by atoms with Gasteiger partial charge in [-0.3, -0.25) is 9.52 Å². The summed E-state index contributed by atoms with van der Waals surface area (Å²) in [7, 11) is 0. The van der Waals surface area contributed by atoms with E-state index in [0.29, 0.717) is 24.0 Å². The number of hydrogen-bond donors (Lipinski definition) is 2. The van der Waals surface area contributed by atoms with Crippen LogP contribution in [0.15, 0.2) is 48.6 Å². The van der Waals surface area contributed by atoms with E-state index in [0.717, 1.165) is 67.4 Å². The van der Waals surface area contributed by atoms with Crippen LogP contribution in [0, 0.1) is 17.8 Å². The number of carbonyl (C=O) groups excluding carboxylic acids is 1. The molecule has 1 fully saturated rings. The van der Waals surface area contributed by atoms with Crippen molar-refractivity contribution in [2.75, 3.05) is 30.3 Å². The number of rotatable bonds is 3. The summed E-state index contributed by atoms with van der Waals surface area (Å²) >= 11 is 7.83. The number of nitrogens with zero attached hydrogens (tertiary/aromatic N) is 1. The Balaban J connectivity index is 1.49. The predicted octanol–water partition coefficient (Wildman–Crippen LogP) is 6.64. The second kappa shape index (κ2) is 12.4. The van der Waals surface area contributed by atoms with Crippen LogP contribution >= 0.6 is 23.5 Å². The number of anilines is 1. The topological polar surface area (TPSA) is 61.8 Å². The summed E-state index contributed by atoms with van der Waals surface area (Å²) < 4.78 is 9.44. The number of ether oxygens (including phenoxy) is 1. The third-order valence-corrected chi connectivity index (χ3v) is 9.58. The molecule has 1 saturated carbocycles. The Bertz CT molecular complexity index is 1170. The molecule has 38 heavy (non-hydrogen) atoms. The number of nitrogens with one attached hydrogen (secondary N) is 1. The van der Waals surface area contributed by atoms with Crippen molar-refractivity contribution in [3.05, 3.63) is 70.3 Å². The van der Waals surface area contributed by atoms with E-state index >= 15 is 0 Å². The molecule has 2 aromatic rings. The van der Waals surface area contributed by atoms with Crippen LogP contribution in [0.1, 0.15) is 66.9 Å². The molecule has 3 aliphatic rings. The highest BCUT2D eigenvalue weighted by atomic mass is 35.5. The second-order valence-electron chi connectivity index (χ2n) is 11.2. The largest absolute Gasteiger partial charge is 0.491 e. The Labute approximate surface area is 236 Å². The Morgan fingerprint density at radius 2 is 2.05 bits per heavy atom. The van der Waals surface area contributed by atoms with Gasteiger partial charge in [0.1, 0.15) is 5.75 Å². The number of halogens is 1. The van der Waals surface area contributed by atoms with Crippen molar-refractivity contribution in [1.82, 2.24) is 4.72 Å². The minimum Gasteiger partial charge on any atom is -0.491 e. The number of allylic oxidation sites excluding steroid dienone is 1. The lowest BCUT2D eigenvalue weighted by atomic mass is 9.70. The monoisotopic (exact) mass is 554 g/mol. The predicted molar refractivity (Wildman–Crippen MR) is 157 cm³/mol. The first-order chi connectivity index (χ1) is 18.4. The molecule has 5 atom stereocenters. The fourth-order valence-electron chi connectivity index (χ4n) is 5.98. The van der Waals surface area contributed by atoms with E-state index in [1.165, 1.54) is 23.1 Å². The summed E-state index contributed by atoms with van der Waals surface area (Å²) in [5.41, 5.74) is 4.17. The first kappa shape index (κ1) is 27.4. The molecule has 204 valence electrons. The molecular formula is C31H39ClN2O3S. The fourth-order valence-corrected chi connectivity index (χ4v) is 6.93. The molecule has 0 aromatic heterocycles. The molecule has 0 radical (unpaired) electrons. The number of fused-ring (bicyclic) bond motifs is 2. The second-order valence-corrected chi connectivity index (χ2v) is 12.5. The summed E-state index contributed by atoms with van der Waals surface area (Å²) in [6.45, 7) is 6.55. The maximum absolute atomic E-state index is 13.0. The third kappa shape index (κ3) is 6.19. The number of amides is 1. The fraction of sp³-hybridized carbons (Fsp3) is 0.516. The van der Waals surface area contributed by atoms with Crippen molar-refractivity contribution in [3.63, 3.8) is 0 Å². The quantitative estimate of drug-likeness (QED) is 0.329. The Morgan fingerprint density at radius 1 is 1.18 bits per heavy atom. The summed E-state index contributed by atoms with van der Waals surface area (Å²) in [5.74, 6) is 2.78. The molecule has 2 bridgehead atoms. The van der Waals surface area contributed by atoms with E-state index in [1.54, 1.807) is 0 Å². The highest BCUT2D eigenvalue weighted by Crippen LogP contribution is 2.42. The van der Waals surface area contributed by atoms with Crippen LogP contribution in [0.25, 0.3) is 0 Å². The molecule has 2 aliphatic heterocycles. The molecule has 0 saturated heterocycles. The van der Waals surface area contributed by atoms with Gasteiger partial charge in [0.15, 0.2) is 0 Å². The number of aliphatic hydroxyl groups is 1. The van der Waals surface area contributed by atoms with Gasteiger partial charge in [0.25, 0.3) is 5.91 Å². The molecule has 2 aromatic carbocycles. The van der Waals surface area contributed by atoms with Crippen LogP contribution in [-0.4, -0.2) is 42.6 Å². The number of aryl methyl sites for hydroxylation is 1. The maximum Gasteiger partial charge on any atom is 0.261 e. The van der Waals surface area contributed by atoms with Gasteiger partial charge in [-0.2, -0.15) is 0 Å². The van der Waals surface area contributed by atoms with E-state index in [-0.39, 0.29) is 17.7 Å².